The summed E-state index contributed by atoms with van der Waals surface area (Å²) in [6.45, 7) is 7.29. The molecule has 0 saturated carbocycles. The third-order valence-electron chi connectivity index (χ3n) is 7.69. The van der Waals surface area contributed by atoms with Gasteiger partial charge in [0.15, 0.2) is 11.6 Å². The lowest BCUT2D eigenvalue weighted by molar-refractivity contribution is -0.0661. The average molecular weight is 543 g/mol. The third kappa shape index (κ3) is 5.79. The van der Waals surface area contributed by atoms with E-state index in [1.807, 2.05) is 30.3 Å². The van der Waals surface area contributed by atoms with Crippen LogP contribution in [0.15, 0.2) is 42.7 Å². The Hall–Kier alpha value is -3.98. The number of methoxy groups -OCH3 is 1. The summed E-state index contributed by atoms with van der Waals surface area (Å²) in [5.41, 5.74) is 2.74. The highest BCUT2D eigenvalue weighted by Gasteiger charge is 2.30. The Morgan fingerprint density at radius 1 is 1.05 bits per heavy atom. The van der Waals surface area contributed by atoms with Crippen LogP contribution in [0.4, 0.5) is 17.5 Å². The summed E-state index contributed by atoms with van der Waals surface area (Å²) in [4.78, 5) is 18.6. The lowest BCUT2D eigenvalue weighted by Crippen LogP contribution is -2.56. The molecular weight excluding hydrogens is 508 g/mol. The van der Waals surface area contributed by atoms with Crippen LogP contribution in [0.25, 0.3) is 11.3 Å². The minimum absolute atomic E-state index is 0.123. The van der Waals surface area contributed by atoms with Crippen LogP contribution in [-0.2, 0) is 4.74 Å². The van der Waals surface area contributed by atoms with E-state index in [2.05, 4.69) is 36.5 Å². The van der Waals surface area contributed by atoms with Crippen molar-refractivity contribution in [1.29, 1.82) is 5.26 Å². The SMILES string of the molecule is COc1cc(Nc2nccc(-c3ccc(OC4CCNCC4)c(C#N)c3)n2)cnc1N1CCN(C2COC2)CC1. The van der Waals surface area contributed by atoms with Crippen molar-refractivity contribution < 1.29 is 14.2 Å². The number of pyridine rings is 1. The first-order valence-electron chi connectivity index (χ1n) is 13.8. The van der Waals surface area contributed by atoms with Crippen molar-refractivity contribution in [3.05, 3.63) is 48.3 Å². The summed E-state index contributed by atoms with van der Waals surface area (Å²) in [5, 5.41) is 16.3. The molecule has 0 amide bonds. The first kappa shape index (κ1) is 26.3. The molecule has 40 heavy (non-hydrogen) atoms. The van der Waals surface area contributed by atoms with E-state index in [0.29, 0.717) is 34.7 Å². The van der Waals surface area contributed by atoms with E-state index in [0.717, 1.165) is 82.4 Å². The van der Waals surface area contributed by atoms with Gasteiger partial charge in [0, 0.05) is 44.0 Å². The number of piperazine rings is 1. The molecule has 208 valence electrons. The second-order valence-corrected chi connectivity index (χ2v) is 10.2. The zero-order chi connectivity index (χ0) is 27.3. The smallest absolute Gasteiger partial charge is 0.227 e. The van der Waals surface area contributed by atoms with Gasteiger partial charge in [-0.3, -0.25) is 4.90 Å². The number of ether oxygens (including phenoxy) is 3. The number of anilines is 3. The van der Waals surface area contributed by atoms with E-state index < -0.39 is 0 Å². The maximum atomic E-state index is 9.77. The van der Waals surface area contributed by atoms with E-state index >= 15 is 0 Å². The van der Waals surface area contributed by atoms with Gasteiger partial charge < -0.3 is 29.7 Å². The molecule has 0 spiro atoms. The molecule has 0 radical (unpaired) electrons. The van der Waals surface area contributed by atoms with Gasteiger partial charge in [0.25, 0.3) is 0 Å². The fourth-order valence-electron chi connectivity index (χ4n) is 5.31. The Morgan fingerprint density at radius 3 is 2.60 bits per heavy atom. The van der Waals surface area contributed by atoms with Crippen molar-refractivity contribution in [2.75, 3.05) is 69.8 Å². The van der Waals surface area contributed by atoms with Crippen molar-refractivity contribution >= 4 is 17.5 Å². The molecule has 3 fully saturated rings. The molecule has 11 nitrogen and oxygen atoms in total. The molecule has 3 aliphatic rings. The first-order valence-corrected chi connectivity index (χ1v) is 13.8. The molecule has 1 aromatic carbocycles. The molecule has 3 aliphatic heterocycles. The predicted octanol–water partition coefficient (Wildman–Crippen LogP) is 2.81. The molecule has 5 heterocycles. The number of nitrogens with one attached hydrogen (secondary N) is 2. The molecule has 0 unspecified atom stereocenters. The highest BCUT2D eigenvalue weighted by Crippen LogP contribution is 2.31. The Kier molecular flexibility index (Phi) is 7.90. The Balaban J connectivity index is 1.14. The molecular formula is C29H34N8O3. The number of nitrogens with zero attached hydrogens (tertiary/aromatic N) is 6. The predicted molar refractivity (Wildman–Crippen MR) is 151 cm³/mol. The lowest BCUT2D eigenvalue weighted by atomic mass is 10.1. The quantitative estimate of drug-likeness (QED) is 0.437. The number of aromatic nitrogens is 3. The Labute approximate surface area is 234 Å². The number of benzene rings is 1. The summed E-state index contributed by atoms with van der Waals surface area (Å²) in [6, 6.07) is 12.2. The van der Waals surface area contributed by atoms with Gasteiger partial charge in [-0.15, -0.1) is 0 Å². The van der Waals surface area contributed by atoms with Crippen molar-refractivity contribution in [3.63, 3.8) is 0 Å². The molecule has 0 atom stereocenters. The maximum absolute atomic E-state index is 9.77. The maximum Gasteiger partial charge on any atom is 0.227 e. The summed E-state index contributed by atoms with van der Waals surface area (Å²) < 4.78 is 17.2. The van der Waals surface area contributed by atoms with Gasteiger partial charge in [-0.2, -0.15) is 5.26 Å². The minimum Gasteiger partial charge on any atom is -0.493 e. The molecule has 0 aliphatic carbocycles. The largest absolute Gasteiger partial charge is 0.493 e. The average Bonchev–Trinajstić information content (AvgIpc) is 2.97. The van der Waals surface area contributed by atoms with Crippen LogP contribution in [0, 0.1) is 11.3 Å². The van der Waals surface area contributed by atoms with Gasteiger partial charge in [0.2, 0.25) is 5.95 Å². The fourth-order valence-corrected chi connectivity index (χ4v) is 5.31. The zero-order valence-corrected chi connectivity index (χ0v) is 22.7. The number of hydrogen-bond donors (Lipinski definition) is 2. The van der Waals surface area contributed by atoms with E-state index in [9.17, 15) is 5.26 Å². The van der Waals surface area contributed by atoms with Gasteiger partial charge in [-0.25, -0.2) is 15.0 Å². The van der Waals surface area contributed by atoms with Crippen molar-refractivity contribution in [2.45, 2.75) is 25.0 Å². The second kappa shape index (κ2) is 12.0. The fraction of sp³-hybridized carbons (Fsp3) is 0.448. The summed E-state index contributed by atoms with van der Waals surface area (Å²) in [6.07, 6.45) is 5.46. The highest BCUT2D eigenvalue weighted by atomic mass is 16.5. The minimum atomic E-state index is 0.123. The molecule has 2 aromatic heterocycles. The highest BCUT2D eigenvalue weighted by molar-refractivity contribution is 5.67. The Bertz CT molecular complexity index is 1360. The van der Waals surface area contributed by atoms with Crippen LogP contribution in [0.2, 0.25) is 0 Å². The van der Waals surface area contributed by atoms with E-state index in [-0.39, 0.29) is 6.10 Å². The summed E-state index contributed by atoms with van der Waals surface area (Å²) in [5.74, 6) is 2.58. The van der Waals surface area contributed by atoms with Gasteiger partial charge in [0.05, 0.1) is 49.5 Å². The van der Waals surface area contributed by atoms with Gasteiger partial charge >= 0.3 is 0 Å². The molecule has 3 aromatic rings. The number of nitriles is 1. The van der Waals surface area contributed by atoms with Gasteiger partial charge in [0.1, 0.15) is 17.9 Å². The van der Waals surface area contributed by atoms with Crippen molar-refractivity contribution in [3.8, 4) is 28.8 Å². The van der Waals surface area contributed by atoms with Crippen LogP contribution in [-0.4, -0.2) is 91.6 Å². The molecule has 6 rings (SSSR count). The molecule has 0 bridgehead atoms. The van der Waals surface area contributed by atoms with Crippen LogP contribution in [0.5, 0.6) is 11.5 Å². The van der Waals surface area contributed by atoms with E-state index in [1.165, 1.54) is 0 Å². The van der Waals surface area contributed by atoms with Crippen molar-refractivity contribution in [2.24, 2.45) is 0 Å². The van der Waals surface area contributed by atoms with E-state index in [1.54, 1.807) is 19.5 Å². The van der Waals surface area contributed by atoms with Gasteiger partial charge in [-0.1, -0.05) is 0 Å². The summed E-state index contributed by atoms with van der Waals surface area (Å²) >= 11 is 0. The molecule has 2 N–H and O–H groups in total. The normalized spacial score (nSPS) is 18.6. The molecule has 3 saturated heterocycles. The second-order valence-electron chi connectivity index (χ2n) is 10.2. The van der Waals surface area contributed by atoms with Crippen LogP contribution >= 0.6 is 0 Å². The summed E-state index contributed by atoms with van der Waals surface area (Å²) in [7, 11) is 1.66. The first-order chi connectivity index (χ1) is 19.7. The van der Waals surface area contributed by atoms with Crippen LogP contribution in [0.3, 0.4) is 0 Å². The lowest BCUT2D eigenvalue weighted by Gasteiger charge is -2.43. The Morgan fingerprint density at radius 2 is 1.88 bits per heavy atom. The standard InChI is InChI=1S/C29H34N8O3/c1-38-27-15-22(17-33-28(27)37-12-10-36(11-13-37)23-18-39-19-23)34-29-32-9-6-25(35-29)20-2-3-26(21(14-20)16-30)40-24-4-7-31-8-5-24/h2-3,6,9,14-15,17,23-24,31H,4-5,7-8,10-13,18-19H2,1H3,(H,32,34,35). The van der Waals surface area contributed by atoms with Crippen molar-refractivity contribution in [1.82, 2.24) is 25.2 Å². The topological polar surface area (TPSA) is 121 Å². The number of piperidine rings is 1. The van der Waals surface area contributed by atoms with Gasteiger partial charge in [-0.05, 0) is 50.2 Å². The van der Waals surface area contributed by atoms with Crippen LogP contribution in [0.1, 0.15) is 18.4 Å². The number of rotatable bonds is 8. The van der Waals surface area contributed by atoms with Crippen LogP contribution < -0.4 is 25.0 Å². The monoisotopic (exact) mass is 542 g/mol. The zero-order valence-electron chi connectivity index (χ0n) is 22.7. The third-order valence-corrected chi connectivity index (χ3v) is 7.69. The molecule has 11 heteroatoms. The van der Waals surface area contributed by atoms with E-state index in [4.69, 9.17) is 19.2 Å². The number of hydrogen-bond acceptors (Lipinski definition) is 11.